The van der Waals surface area contributed by atoms with Gasteiger partial charge in [-0.05, 0) is 37.8 Å². The number of aliphatic carboxylic acids is 1. The predicted molar refractivity (Wildman–Crippen MR) is 98.4 cm³/mol. The molecule has 4 rings (SSSR count). The van der Waals surface area contributed by atoms with E-state index < -0.39 is 22.2 Å². The van der Waals surface area contributed by atoms with E-state index >= 15 is 0 Å². The van der Waals surface area contributed by atoms with Crippen molar-refractivity contribution in [2.75, 3.05) is 19.7 Å². The van der Waals surface area contributed by atoms with Crippen molar-refractivity contribution >= 4 is 16.0 Å². The van der Waals surface area contributed by atoms with Gasteiger partial charge in [-0.15, -0.1) is 0 Å². The van der Waals surface area contributed by atoms with Crippen LogP contribution in [0.25, 0.3) is 0 Å². The van der Waals surface area contributed by atoms with Crippen LogP contribution in [0.4, 0.5) is 13.2 Å². The average molecular weight is 452 g/mol. The first-order valence-corrected chi connectivity index (χ1v) is 11.0. The molecule has 1 unspecified atom stereocenters. The fourth-order valence-corrected chi connectivity index (χ4v) is 5.41. The Morgan fingerprint density at radius 2 is 1.93 bits per heavy atom. The van der Waals surface area contributed by atoms with Gasteiger partial charge in [-0.1, -0.05) is 0 Å². The minimum absolute atomic E-state index is 0.0192. The highest BCUT2D eigenvalue weighted by Gasteiger charge is 2.48. The van der Waals surface area contributed by atoms with E-state index in [1.165, 1.54) is 0 Å². The fourth-order valence-electron chi connectivity index (χ4n) is 3.56. The van der Waals surface area contributed by atoms with Crippen molar-refractivity contribution in [2.24, 2.45) is 0 Å². The standard InChI is InChI=1S/C16H22N2O4S.C2HF3O2/c19-23(20,15-3-4-15)18-8-5-16(6-9-18)10-14(12-21-16)22-13-2-1-7-17-11-13;3-2(4,5)1(6)7/h1-2,7,11,14-15H,3-6,8-10,12H2;(H,6,7). The third-order valence-corrected chi connectivity index (χ3v) is 7.69. The average Bonchev–Trinajstić information content (AvgIpc) is 3.48. The Kier molecular flexibility index (Phi) is 6.58. The van der Waals surface area contributed by atoms with Gasteiger partial charge in [0.25, 0.3) is 0 Å². The molecule has 2 saturated heterocycles. The molecule has 1 aromatic rings. The predicted octanol–water partition coefficient (Wildman–Crippen LogP) is 2.21. The molecular weight excluding hydrogens is 429 g/mol. The fraction of sp³-hybridized carbons (Fsp3) is 0.667. The van der Waals surface area contributed by atoms with Crippen molar-refractivity contribution in [1.29, 1.82) is 0 Å². The third-order valence-electron chi connectivity index (χ3n) is 5.29. The normalized spacial score (nSPS) is 24.2. The second kappa shape index (κ2) is 8.67. The van der Waals surface area contributed by atoms with E-state index in [1.807, 2.05) is 12.1 Å². The molecule has 0 amide bonds. The first-order chi connectivity index (χ1) is 14.0. The summed E-state index contributed by atoms with van der Waals surface area (Å²) < 4.78 is 70.0. The van der Waals surface area contributed by atoms with Gasteiger partial charge in [-0.25, -0.2) is 17.5 Å². The number of nitrogens with zero attached hydrogens (tertiary/aromatic N) is 2. The van der Waals surface area contributed by atoms with Crippen LogP contribution in [0, 0.1) is 0 Å². The number of halogens is 3. The van der Waals surface area contributed by atoms with Gasteiger partial charge in [-0.3, -0.25) is 4.98 Å². The number of carboxylic acids is 1. The topological polar surface area (TPSA) is 106 Å². The number of ether oxygens (including phenoxy) is 2. The highest BCUT2D eigenvalue weighted by molar-refractivity contribution is 7.90. The molecule has 8 nitrogen and oxygen atoms in total. The summed E-state index contributed by atoms with van der Waals surface area (Å²) in [5, 5.41) is 7.00. The smallest absolute Gasteiger partial charge is 0.486 e. The van der Waals surface area contributed by atoms with Crippen LogP contribution in [0.2, 0.25) is 0 Å². The van der Waals surface area contributed by atoms with Gasteiger partial charge in [0.2, 0.25) is 10.0 Å². The van der Waals surface area contributed by atoms with Crippen molar-refractivity contribution in [3.63, 3.8) is 0 Å². The number of rotatable bonds is 4. The summed E-state index contributed by atoms with van der Waals surface area (Å²) in [4.78, 5) is 12.9. The van der Waals surface area contributed by atoms with Gasteiger partial charge < -0.3 is 14.6 Å². The van der Waals surface area contributed by atoms with Crippen molar-refractivity contribution in [3.05, 3.63) is 24.5 Å². The maximum Gasteiger partial charge on any atom is 0.490 e. The molecule has 1 atom stereocenters. The SMILES string of the molecule is O=C(O)C(F)(F)F.O=S(=O)(C1CC1)N1CCC2(CC1)CC(Oc1cccnc1)CO2. The van der Waals surface area contributed by atoms with Crippen molar-refractivity contribution in [3.8, 4) is 5.75 Å². The van der Waals surface area contributed by atoms with Gasteiger partial charge >= 0.3 is 12.1 Å². The number of alkyl halides is 3. The molecule has 0 radical (unpaired) electrons. The number of sulfonamides is 1. The molecule has 168 valence electrons. The molecule has 3 fully saturated rings. The van der Waals surface area contributed by atoms with Gasteiger partial charge in [-0.2, -0.15) is 13.2 Å². The zero-order valence-corrected chi connectivity index (χ0v) is 16.9. The summed E-state index contributed by atoms with van der Waals surface area (Å²) >= 11 is 0. The first-order valence-electron chi connectivity index (χ1n) is 9.52. The van der Waals surface area contributed by atoms with Crippen LogP contribution in [0.3, 0.4) is 0 Å². The largest absolute Gasteiger partial charge is 0.490 e. The maximum absolute atomic E-state index is 12.3. The van der Waals surface area contributed by atoms with E-state index in [0.717, 1.165) is 37.9 Å². The van der Waals surface area contributed by atoms with E-state index in [-0.39, 0.29) is 17.0 Å². The Morgan fingerprint density at radius 3 is 2.43 bits per heavy atom. The van der Waals surface area contributed by atoms with E-state index in [1.54, 1.807) is 16.7 Å². The van der Waals surface area contributed by atoms with Crippen molar-refractivity contribution in [1.82, 2.24) is 9.29 Å². The summed E-state index contributed by atoms with van der Waals surface area (Å²) in [5.41, 5.74) is -0.220. The molecule has 0 bridgehead atoms. The Labute approximate surface area is 172 Å². The van der Waals surface area contributed by atoms with Gasteiger partial charge in [0.05, 0.1) is 23.7 Å². The molecule has 1 aromatic heterocycles. The van der Waals surface area contributed by atoms with Crippen LogP contribution < -0.4 is 4.74 Å². The Hall–Kier alpha value is -1.92. The number of pyridine rings is 1. The molecule has 1 spiro atoms. The monoisotopic (exact) mass is 452 g/mol. The van der Waals surface area contributed by atoms with Crippen molar-refractivity contribution < 1.29 is 41.0 Å². The summed E-state index contributed by atoms with van der Waals surface area (Å²) in [6, 6.07) is 3.74. The molecule has 1 N–H and O–H groups in total. The van der Waals surface area contributed by atoms with Crippen LogP contribution in [0.1, 0.15) is 32.1 Å². The van der Waals surface area contributed by atoms with Gasteiger partial charge in [0.1, 0.15) is 11.9 Å². The van der Waals surface area contributed by atoms with Crippen LogP contribution in [0.15, 0.2) is 24.5 Å². The lowest BCUT2D eigenvalue weighted by Gasteiger charge is -2.37. The molecule has 3 aliphatic rings. The summed E-state index contributed by atoms with van der Waals surface area (Å²) in [6.45, 7) is 1.70. The van der Waals surface area contributed by atoms with E-state index in [0.29, 0.717) is 19.7 Å². The molecule has 0 aromatic carbocycles. The number of aromatic nitrogens is 1. The number of carboxylic acid groups (broad SMARTS) is 1. The maximum atomic E-state index is 12.3. The zero-order valence-electron chi connectivity index (χ0n) is 16.0. The van der Waals surface area contributed by atoms with E-state index in [2.05, 4.69) is 4.98 Å². The second-order valence-electron chi connectivity index (χ2n) is 7.57. The molecule has 30 heavy (non-hydrogen) atoms. The molecule has 1 aliphatic carbocycles. The number of hydrogen-bond donors (Lipinski definition) is 1. The minimum Gasteiger partial charge on any atom is -0.486 e. The lowest BCUT2D eigenvalue weighted by molar-refractivity contribution is -0.192. The zero-order chi connectivity index (χ0) is 22.0. The Balaban J connectivity index is 0.000000318. The number of carbonyl (C=O) groups is 1. The number of piperidine rings is 1. The lowest BCUT2D eigenvalue weighted by Crippen LogP contribution is -2.47. The molecule has 3 heterocycles. The summed E-state index contributed by atoms with van der Waals surface area (Å²) in [5.74, 6) is -2.00. The van der Waals surface area contributed by atoms with Crippen LogP contribution >= 0.6 is 0 Å². The highest BCUT2D eigenvalue weighted by atomic mass is 32.2. The van der Waals surface area contributed by atoms with Gasteiger partial charge in [0, 0.05) is 25.7 Å². The molecule has 12 heteroatoms. The molecule has 2 aliphatic heterocycles. The quantitative estimate of drug-likeness (QED) is 0.747. The second-order valence-corrected chi connectivity index (χ2v) is 9.79. The lowest BCUT2D eigenvalue weighted by atomic mass is 9.89. The Morgan fingerprint density at radius 1 is 1.30 bits per heavy atom. The first kappa shape index (κ1) is 22.8. The van der Waals surface area contributed by atoms with E-state index in [9.17, 15) is 21.6 Å². The van der Waals surface area contributed by atoms with E-state index in [4.69, 9.17) is 19.4 Å². The summed E-state index contributed by atoms with van der Waals surface area (Å²) in [6.07, 6.45) is 2.33. The van der Waals surface area contributed by atoms with Gasteiger partial charge in [0.15, 0.2) is 0 Å². The van der Waals surface area contributed by atoms with Crippen LogP contribution in [0.5, 0.6) is 5.75 Å². The molecular formula is C18H23F3N2O6S. The van der Waals surface area contributed by atoms with Crippen LogP contribution in [-0.4, -0.2) is 71.6 Å². The summed E-state index contributed by atoms with van der Waals surface area (Å²) in [7, 11) is -3.06. The van der Waals surface area contributed by atoms with Crippen LogP contribution in [-0.2, 0) is 19.6 Å². The third kappa shape index (κ3) is 5.61. The highest BCUT2D eigenvalue weighted by Crippen LogP contribution is 2.40. The van der Waals surface area contributed by atoms with Crippen molar-refractivity contribution in [2.45, 2.75) is 55.2 Å². The number of hydrogen-bond acceptors (Lipinski definition) is 6. The minimum atomic E-state index is -5.08. The molecule has 1 saturated carbocycles. The Bertz CT molecular complexity index is 837.